The molecule has 38 heavy (non-hydrogen) atoms. The maximum atomic E-state index is 5.54. The van der Waals surface area contributed by atoms with Crippen molar-refractivity contribution in [3.63, 3.8) is 0 Å². The van der Waals surface area contributed by atoms with Gasteiger partial charge in [-0.3, -0.25) is 0 Å². The number of hydrogen-bond donors (Lipinski definition) is 0. The van der Waals surface area contributed by atoms with Crippen LogP contribution in [-0.2, 0) is 20.4 Å². The van der Waals surface area contributed by atoms with Gasteiger partial charge < -0.3 is 37.2 Å². The molecule has 3 aromatic rings. The topological polar surface area (TPSA) is 27.7 Å². The molecule has 0 saturated heterocycles. The van der Waals surface area contributed by atoms with Gasteiger partial charge in [-0.1, -0.05) is 0 Å². The molecule has 1 atom stereocenters. The second-order valence-corrected chi connectivity index (χ2v) is 14.3. The van der Waals surface area contributed by atoms with Crippen LogP contribution in [0.15, 0.2) is 93.4 Å². The summed E-state index contributed by atoms with van der Waals surface area (Å²) in [5.74, 6) is 2.60. The normalized spacial score (nSPS) is 16.8. The molecule has 0 heterocycles. The van der Waals surface area contributed by atoms with E-state index < -0.39 is 8.07 Å². The second kappa shape index (κ2) is 13.6. The van der Waals surface area contributed by atoms with E-state index in [1.54, 1.807) is 21.3 Å². The fourth-order valence-corrected chi connectivity index (χ4v) is 13.3. The minimum atomic E-state index is -2.71. The van der Waals surface area contributed by atoms with Crippen LogP contribution in [0.1, 0.15) is 27.7 Å². The van der Waals surface area contributed by atoms with Gasteiger partial charge in [0, 0.05) is 0 Å². The van der Waals surface area contributed by atoms with Crippen LogP contribution in [-0.4, -0.2) is 29.4 Å². The second-order valence-electron chi connectivity index (χ2n) is 9.31. The van der Waals surface area contributed by atoms with E-state index in [-0.39, 0.29) is 42.3 Å². The van der Waals surface area contributed by atoms with E-state index in [0.29, 0.717) is 0 Å². The standard InChI is InChI=1S/C30H33O3Si.3ClH.Ti/c1-21-20-30(4,23(3)22(21)2)34(27-14-8-24(31-5)9-15-27,28-16-10-25(32-6)11-17-28)29-18-12-26(33-7)13-19-29;;;;/h8-19H,1-7H3;3*1H;/q;;;;+3/p-3. The fraction of sp³-hybridized carbons (Fsp3) is 0.267. The Labute approximate surface area is 258 Å². The van der Waals surface area contributed by atoms with Gasteiger partial charge in [0.15, 0.2) is 0 Å². The quantitative estimate of drug-likeness (QED) is 0.199. The van der Waals surface area contributed by atoms with Crippen molar-refractivity contribution in [2.45, 2.75) is 32.7 Å². The first-order valence-electron chi connectivity index (χ1n) is 11.8. The first-order valence-corrected chi connectivity index (χ1v) is 14.6. The van der Waals surface area contributed by atoms with Crippen LogP contribution in [0.5, 0.6) is 17.2 Å². The molecule has 200 valence electrons. The van der Waals surface area contributed by atoms with E-state index in [9.17, 15) is 0 Å². The number of allylic oxidation sites excluding steroid dienone is 4. The van der Waals surface area contributed by atoms with Gasteiger partial charge in [-0.15, -0.1) is 0 Å². The Morgan fingerprint density at radius 1 is 0.553 bits per heavy atom. The molecular weight excluding hydrogens is 591 g/mol. The third-order valence-electron chi connectivity index (χ3n) is 8.07. The van der Waals surface area contributed by atoms with Crippen molar-refractivity contribution in [2.24, 2.45) is 0 Å². The smallest absolute Gasteiger partial charge is 1.00 e. The molecule has 3 aromatic carbocycles. The molecule has 0 radical (unpaired) electrons. The molecular formula is C30H33Cl3O3SiTi. The number of methoxy groups -OCH3 is 3. The van der Waals surface area contributed by atoms with Gasteiger partial charge >= 0.3 is 223 Å². The van der Waals surface area contributed by atoms with Crippen molar-refractivity contribution < 1.29 is 71.9 Å². The van der Waals surface area contributed by atoms with E-state index in [0.717, 1.165) is 17.2 Å². The maximum absolute atomic E-state index is 5.54. The number of rotatable bonds is 7. The summed E-state index contributed by atoms with van der Waals surface area (Å²) in [4.78, 5) is 0. The Bertz CT molecular complexity index is 1150. The number of halogens is 3. The van der Waals surface area contributed by atoms with E-state index in [4.69, 9.17) is 14.2 Å². The van der Waals surface area contributed by atoms with Crippen molar-refractivity contribution in [1.29, 1.82) is 0 Å². The van der Waals surface area contributed by atoms with Crippen molar-refractivity contribution in [3.05, 3.63) is 93.4 Å². The van der Waals surface area contributed by atoms with Crippen molar-refractivity contribution in [1.82, 2.24) is 0 Å². The average Bonchev–Trinajstić information content (AvgIpc) is 3.06. The van der Waals surface area contributed by atoms with E-state index in [1.807, 2.05) is 0 Å². The summed E-state index contributed by atoms with van der Waals surface area (Å²) < 4.78 is 18.1. The van der Waals surface area contributed by atoms with Crippen LogP contribution in [0.2, 0.25) is 5.04 Å². The molecule has 4 rings (SSSR count). The molecule has 0 aromatic heterocycles. The Kier molecular flexibility index (Phi) is 12.3. The maximum Gasteiger partial charge on any atom is -1.00 e. The summed E-state index contributed by atoms with van der Waals surface area (Å²) in [6, 6.07) is 26.2. The van der Waals surface area contributed by atoms with E-state index >= 15 is 0 Å². The summed E-state index contributed by atoms with van der Waals surface area (Å²) >= 11 is 2.33. The molecule has 0 N–H and O–H groups in total. The molecule has 0 aliphatic heterocycles. The summed E-state index contributed by atoms with van der Waals surface area (Å²) in [5, 5.41) is 3.87. The molecule has 1 aliphatic carbocycles. The zero-order valence-corrected chi connectivity index (χ0v) is 27.6. The van der Waals surface area contributed by atoms with E-state index in [1.165, 1.54) is 36.2 Å². The molecule has 0 amide bonds. The summed E-state index contributed by atoms with van der Waals surface area (Å²) in [6.45, 7) is 9.33. The Balaban J connectivity index is 0.00000241. The summed E-state index contributed by atoms with van der Waals surface area (Å²) in [5.41, 5.74) is 4.25. The number of benzene rings is 3. The molecule has 1 unspecified atom stereocenters. The van der Waals surface area contributed by atoms with Gasteiger partial charge in [0.2, 0.25) is 0 Å². The van der Waals surface area contributed by atoms with Crippen molar-refractivity contribution >= 4 is 23.6 Å². The molecule has 1 aliphatic rings. The summed E-state index contributed by atoms with van der Waals surface area (Å²) in [6.07, 6.45) is 0. The SMILES string of the molecule is COc1ccc([Si](c2ccc(OC)cc2)(c2ccc(OC)cc2)C2(C)C(C)=C(C)C(C)=[C]2[Ti+3])cc1.[Cl-].[Cl-].[Cl-]. The number of ether oxygens (including phenoxy) is 3. The van der Waals surface area contributed by atoms with Crippen molar-refractivity contribution in [2.75, 3.05) is 21.3 Å². The fourth-order valence-electron chi connectivity index (χ4n) is 5.76. The third kappa shape index (κ3) is 5.24. The minimum absolute atomic E-state index is 0. The zero-order valence-electron chi connectivity index (χ0n) is 22.8. The number of hydrogen-bond acceptors (Lipinski definition) is 3. The summed E-state index contributed by atoms with van der Waals surface area (Å²) in [7, 11) is 2.44. The first-order chi connectivity index (χ1) is 16.7. The Morgan fingerprint density at radius 2 is 0.842 bits per heavy atom. The van der Waals surface area contributed by atoms with Gasteiger partial charge in [-0.25, -0.2) is 0 Å². The van der Waals surface area contributed by atoms with Crippen LogP contribution < -0.4 is 67.0 Å². The largest absolute Gasteiger partial charge is 1.00 e. The van der Waals surface area contributed by atoms with Gasteiger partial charge in [0.1, 0.15) is 0 Å². The average molecular weight is 624 g/mol. The zero-order chi connectivity index (χ0) is 25.4. The van der Waals surface area contributed by atoms with Crippen LogP contribution in [0, 0.1) is 0 Å². The van der Waals surface area contributed by atoms with Gasteiger partial charge in [-0.2, -0.15) is 0 Å². The van der Waals surface area contributed by atoms with Crippen molar-refractivity contribution in [3.8, 4) is 17.2 Å². The Hall–Kier alpha value is -1.66. The van der Waals surface area contributed by atoms with Gasteiger partial charge in [0.25, 0.3) is 0 Å². The Morgan fingerprint density at radius 3 is 1.05 bits per heavy atom. The molecule has 8 heteroatoms. The monoisotopic (exact) mass is 622 g/mol. The molecule has 0 spiro atoms. The first kappa shape index (κ1) is 34.4. The molecule has 0 bridgehead atoms. The van der Waals surface area contributed by atoms with Gasteiger partial charge in [-0.05, 0) is 0 Å². The van der Waals surface area contributed by atoms with Gasteiger partial charge in [0.05, 0.1) is 0 Å². The molecule has 0 fully saturated rings. The minimum Gasteiger partial charge on any atom is -1.00 e. The third-order valence-corrected chi connectivity index (χ3v) is 15.5. The van der Waals surface area contributed by atoms with Crippen LogP contribution in [0.4, 0.5) is 0 Å². The molecule has 0 saturated carbocycles. The molecule has 3 nitrogen and oxygen atoms in total. The van der Waals surface area contributed by atoms with Crippen LogP contribution in [0.25, 0.3) is 0 Å². The predicted molar refractivity (Wildman–Crippen MR) is 143 cm³/mol. The predicted octanol–water partition coefficient (Wildman–Crippen LogP) is -3.87. The van der Waals surface area contributed by atoms with E-state index in [2.05, 4.69) is 121 Å². The van der Waals surface area contributed by atoms with Crippen LogP contribution in [0.3, 0.4) is 0 Å². The van der Waals surface area contributed by atoms with Crippen LogP contribution >= 0.6 is 0 Å².